The Kier molecular flexibility index (Phi) is 5.80. The van der Waals surface area contributed by atoms with Crippen molar-refractivity contribution >= 4 is 5.91 Å². The second kappa shape index (κ2) is 8.07. The zero-order valence-electron chi connectivity index (χ0n) is 16.5. The predicted octanol–water partition coefficient (Wildman–Crippen LogP) is 3.76. The van der Waals surface area contributed by atoms with Gasteiger partial charge >= 0.3 is 0 Å². The molecule has 1 aromatic heterocycles. The molecule has 0 bridgehead atoms. The molecular weight excluding hydrogens is 322 g/mol. The van der Waals surface area contributed by atoms with Gasteiger partial charge < -0.3 is 5.32 Å². The lowest BCUT2D eigenvalue weighted by atomic mass is 9.88. The molecule has 26 heavy (non-hydrogen) atoms. The minimum atomic E-state index is 0.157. The number of carbonyl (C=O) groups excluding carboxylic acids is 1. The van der Waals surface area contributed by atoms with Gasteiger partial charge in [-0.3, -0.25) is 9.48 Å². The molecule has 1 aromatic carbocycles. The molecule has 0 saturated heterocycles. The van der Waals surface area contributed by atoms with E-state index in [1.54, 1.807) is 0 Å². The van der Waals surface area contributed by atoms with E-state index >= 15 is 0 Å². The van der Waals surface area contributed by atoms with Gasteiger partial charge in [0.25, 0.3) is 0 Å². The number of nitrogens with one attached hydrogen (secondary N) is 1. The third kappa shape index (κ3) is 4.35. The fraction of sp³-hybridized carbons (Fsp3) is 0.545. The highest BCUT2D eigenvalue weighted by Gasteiger charge is 2.20. The van der Waals surface area contributed by atoms with E-state index in [4.69, 9.17) is 0 Å². The van der Waals surface area contributed by atoms with Crippen LogP contribution in [0.15, 0.2) is 24.3 Å². The van der Waals surface area contributed by atoms with Crippen LogP contribution in [0.1, 0.15) is 54.8 Å². The van der Waals surface area contributed by atoms with E-state index in [0.29, 0.717) is 12.3 Å². The van der Waals surface area contributed by atoms with E-state index in [-0.39, 0.29) is 11.9 Å². The Morgan fingerprint density at radius 3 is 2.73 bits per heavy atom. The van der Waals surface area contributed by atoms with Crippen LogP contribution >= 0.6 is 0 Å². The van der Waals surface area contributed by atoms with Gasteiger partial charge in [0.2, 0.25) is 5.91 Å². The molecule has 4 heteroatoms. The number of amides is 1. The molecule has 1 aliphatic carbocycles. The van der Waals surface area contributed by atoms with Gasteiger partial charge in [-0.25, -0.2) is 0 Å². The Bertz CT molecular complexity index is 776. The van der Waals surface area contributed by atoms with E-state index in [9.17, 15) is 4.79 Å². The van der Waals surface area contributed by atoms with Crippen LogP contribution in [0.5, 0.6) is 0 Å². The summed E-state index contributed by atoms with van der Waals surface area (Å²) >= 11 is 0. The predicted molar refractivity (Wildman–Crippen MR) is 105 cm³/mol. The molecule has 1 N–H and O–H groups in total. The first kappa shape index (κ1) is 18.7. The number of fused-ring (bicyclic) bond motifs is 1. The molecule has 1 atom stereocenters. The Labute approximate surface area is 157 Å². The summed E-state index contributed by atoms with van der Waals surface area (Å²) in [6, 6.07) is 8.84. The molecule has 0 radical (unpaired) electrons. The van der Waals surface area contributed by atoms with Crippen LogP contribution in [-0.2, 0) is 30.6 Å². The van der Waals surface area contributed by atoms with Crippen molar-refractivity contribution < 1.29 is 4.79 Å². The first-order valence-corrected chi connectivity index (χ1v) is 9.83. The van der Waals surface area contributed by atoms with Crippen molar-refractivity contribution in [3.05, 3.63) is 52.3 Å². The molecular formula is C22H31N3O. The van der Waals surface area contributed by atoms with E-state index < -0.39 is 0 Å². The molecule has 0 spiro atoms. The molecule has 1 aliphatic rings. The van der Waals surface area contributed by atoms with Crippen molar-refractivity contribution in [2.45, 2.75) is 72.4 Å². The highest BCUT2D eigenvalue weighted by Crippen LogP contribution is 2.21. The number of aromatic nitrogens is 2. The summed E-state index contributed by atoms with van der Waals surface area (Å²) in [6.07, 6.45) is 4.35. The lowest BCUT2D eigenvalue weighted by molar-refractivity contribution is -0.121. The van der Waals surface area contributed by atoms with Gasteiger partial charge in [0.15, 0.2) is 0 Å². The molecule has 2 aromatic rings. The van der Waals surface area contributed by atoms with Crippen LogP contribution in [0.3, 0.4) is 0 Å². The molecule has 4 nitrogen and oxygen atoms in total. The summed E-state index contributed by atoms with van der Waals surface area (Å²) in [7, 11) is 0. The topological polar surface area (TPSA) is 46.9 Å². The SMILES string of the molecule is Cc1nn(CC(C)C)c(C)c1CCC(=O)NC1CCc2ccccc2C1. The number of nitrogens with zero attached hydrogens (tertiary/aromatic N) is 2. The lowest BCUT2D eigenvalue weighted by Crippen LogP contribution is -2.38. The third-order valence-corrected chi connectivity index (χ3v) is 5.38. The fourth-order valence-corrected chi connectivity index (χ4v) is 3.98. The van der Waals surface area contributed by atoms with Crippen LogP contribution in [0.4, 0.5) is 0 Å². The van der Waals surface area contributed by atoms with Crippen LogP contribution in [0.25, 0.3) is 0 Å². The summed E-state index contributed by atoms with van der Waals surface area (Å²) < 4.78 is 2.09. The number of rotatable bonds is 6. The molecule has 0 saturated carbocycles. The quantitative estimate of drug-likeness (QED) is 0.859. The maximum absolute atomic E-state index is 12.5. The van der Waals surface area contributed by atoms with Crippen molar-refractivity contribution in [1.29, 1.82) is 0 Å². The number of aryl methyl sites for hydroxylation is 2. The zero-order valence-corrected chi connectivity index (χ0v) is 16.5. The smallest absolute Gasteiger partial charge is 0.220 e. The van der Waals surface area contributed by atoms with Gasteiger partial charge in [-0.15, -0.1) is 0 Å². The van der Waals surface area contributed by atoms with E-state index in [0.717, 1.165) is 37.9 Å². The first-order valence-electron chi connectivity index (χ1n) is 9.83. The highest BCUT2D eigenvalue weighted by molar-refractivity contribution is 5.76. The average Bonchev–Trinajstić information content (AvgIpc) is 2.86. The summed E-state index contributed by atoms with van der Waals surface area (Å²) in [5.74, 6) is 0.725. The van der Waals surface area contributed by atoms with Crippen molar-refractivity contribution in [3.8, 4) is 0 Å². The Balaban J connectivity index is 1.54. The summed E-state index contributed by atoms with van der Waals surface area (Å²) in [4.78, 5) is 12.5. The van der Waals surface area contributed by atoms with Gasteiger partial charge in [-0.2, -0.15) is 5.10 Å². The molecule has 1 heterocycles. The van der Waals surface area contributed by atoms with Crippen molar-refractivity contribution in [2.24, 2.45) is 5.92 Å². The molecule has 140 valence electrons. The maximum Gasteiger partial charge on any atom is 0.220 e. The normalized spacial score (nSPS) is 16.6. The standard InChI is InChI=1S/C22H31N3O/c1-15(2)14-25-17(4)21(16(3)24-25)11-12-22(26)23-20-10-9-18-7-5-6-8-19(18)13-20/h5-8,15,20H,9-14H2,1-4H3,(H,23,26). The van der Waals surface area contributed by atoms with Gasteiger partial charge in [0.05, 0.1) is 5.69 Å². The summed E-state index contributed by atoms with van der Waals surface area (Å²) in [5, 5.41) is 7.90. The van der Waals surface area contributed by atoms with Crippen molar-refractivity contribution in [3.63, 3.8) is 0 Å². The second-order valence-corrected chi connectivity index (χ2v) is 8.00. The largest absolute Gasteiger partial charge is 0.353 e. The third-order valence-electron chi connectivity index (χ3n) is 5.38. The van der Waals surface area contributed by atoms with Crippen LogP contribution < -0.4 is 5.32 Å². The van der Waals surface area contributed by atoms with E-state index in [1.165, 1.54) is 22.4 Å². The van der Waals surface area contributed by atoms with Gasteiger partial charge in [0, 0.05) is 24.7 Å². The minimum Gasteiger partial charge on any atom is -0.353 e. The molecule has 0 aliphatic heterocycles. The fourth-order valence-electron chi connectivity index (χ4n) is 3.98. The van der Waals surface area contributed by atoms with Crippen LogP contribution in [0, 0.1) is 19.8 Å². The Morgan fingerprint density at radius 1 is 1.27 bits per heavy atom. The molecule has 1 unspecified atom stereocenters. The lowest BCUT2D eigenvalue weighted by Gasteiger charge is -2.25. The van der Waals surface area contributed by atoms with E-state index in [2.05, 4.69) is 67.1 Å². The van der Waals surface area contributed by atoms with E-state index in [1.807, 2.05) is 0 Å². The first-order chi connectivity index (χ1) is 12.4. The van der Waals surface area contributed by atoms with Crippen molar-refractivity contribution in [2.75, 3.05) is 0 Å². The highest BCUT2D eigenvalue weighted by atomic mass is 16.1. The zero-order chi connectivity index (χ0) is 18.7. The van der Waals surface area contributed by atoms with Crippen LogP contribution in [-0.4, -0.2) is 21.7 Å². The molecule has 3 rings (SSSR count). The Morgan fingerprint density at radius 2 is 2.00 bits per heavy atom. The van der Waals surface area contributed by atoms with Crippen molar-refractivity contribution in [1.82, 2.24) is 15.1 Å². The number of carbonyl (C=O) groups is 1. The molecule has 1 amide bonds. The maximum atomic E-state index is 12.5. The minimum absolute atomic E-state index is 0.157. The second-order valence-electron chi connectivity index (χ2n) is 8.00. The summed E-state index contributed by atoms with van der Waals surface area (Å²) in [5.41, 5.74) is 6.31. The van der Waals surface area contributed by atoms with Gasteiger partial charge in [-0.05, 0) is 62.1 Å². The number of benzene rings is 1. The Hall–Kier alpha value is -2.10. The van der Waals surface area contributed by atoms with Crippen LogP contribution in [0.2, 0.25) is 0 Å². The average molecular weight is 354 g/mol. The molecule has 0 fully saturated rings. The van der Waals surface area contributed by atoms with Gasteiger partial charge in [0.1, 0.15) is 0 Å². The number of hydrogen-bond acceptors (Lipinski definition) is 2. The summed E-state index contributed by atoms with van der Waals surface area (Å²) in [6.45, 7) is 9.50. The monoisotopic (exact) mass is 353 g/mol. The van der Waals surface area contributed by atoms with Gasteiger partial charge in [-0.1, -0.05) is 38.1 Å². The number of hydrogen-bond donors (Lipinski definition) is 1.